The summed E-state index contributed by atoms with van der Waals surface area (Å²) in [5, 5.41) is 2.67. The van der Waals surface area contributed by atoms with Crippen LogP contribution in [0.5, 0.6) is 0 Å². The van der Waals surface area contributed by atoms with E-state index in [9.17, 15) is 43.9 Å². The van der Waals surface area contributed by atoms with Crippen molar-refractivity contribution in [3.63, 3.8) is 0 Å². The smallest absolute Gasteiger partial charge is 0.266 e. The molecule has 1 atom stereocenters. The predicted octanol–water partition coefficient (Wildman–Crippen LogP) is 3.63. The second-order valence-electron chi connectivity index (χ2n) is 4.65. The molecule has 0 fully saturated rings. The van der Waals surface area contributed by atoms with E-state index in [1.165, 1.54) is 0 Å². The number of rotatable bonds is 3. The summed E-state index contributed by atoms with van der Waals surface area (Å²) in [6.45, 7) is 2.01. The third-order valence-electron chi connectivity index (χ3n) is 2.72. The molecule has 130 valence electrons. The van der Waals surface area contributed by atoms with Crippen LogP contribution >= 0.6 is 0 Å². The molecule has 0 amide bonds. The van der Waals surface area contributed by atoms with E-state index in [1.807, 2.05) is 0 Å². The number of nitrogens with zero attached hydrogens (tertiary/aromatic N) is 3. The fourth-order valence-electron chi connectivity index (χ4n) is 1.64. The van der Waals surface area contributed by atoms with E-state index in [1.54, 1.807) is 0 Å². The molecule has 3 nitrogen and oxygen atoms in total. The van der Waals surface area contributed by atoms with E-state index in [0.29, 0.717) is 0 Å². The number of hydrogen-bond donors (Lipinski definition) is 0. The van der Waals surface area contributed by atoms with Gasteiger partial charge in [-0.15, -0.1) is 0 Å². The SMILES string of the molecule is CC(C)N1N=CN(C(F)(F)C(F)(F)F)C1C(F)(F)C(F)(F)F. The highest BCUT2D eigenvalue weighted by molar-refractivity contribution is 5.58. The Labute approximate surface area is 117 Å². The number of alkyl halides is 10. The summed E-state index contributed by atoms with van der Waals surface area (Å²) in [7, 11) is 0. The van der Waals surface area contributed by atoms with Gasteiger partial charge < -0.3 is 0 Å². The van der Waals surface area contributed by atoms with Crippen LogP contribution in [0.25, 0.3) is 0 Å². The number of hydrazone groups is 1. The van der Waals surface area contributed by atoms with Crippen LogP contribution < -0.4 is 0 Å². The Morgan fingerprint density at radius 2 is 1.32 bits per heavy atom. The molecular weight excluding hydrogens is 340 g/mol. The summed E-state index contributed by atoms with van der Waals surface area (Å²) in [4.78, 5) is -1.43. The van der Waals surface area contributed by atoms with Gasteiger partial charge >= 0.3 is 24.3 Å². The van der Waals surface area contributed by atoms with Gasteiger partial charge in [0.1, 0.15) is 6.34 Å². The highest BCUT2D eigenvalue weighted by atomic mass is 19.4. The monoisotopic (exact) mass is 349 g/mol. The van der Waals surface area contributed by atoms with E-state index in [2.05, 4.69) is 5.10 Å². The lowest BCUT2D eigenvalue weighted by molar-refractivity contribution is -0.370. The fraction of sp³-hybridized carbons (Fsp3) is 0.889. The van der Waals surface area contributed by atoms with E-state index in [0.717, 1.165) is 13.8 Å². The van der Waals surface area contributed by atoms with Gasteiger partial charge in [0.05, 0.1) is 0 Å². The first-order valence-electron chi connectivity index (χ1n) is 5.55. The van der Waals surface area contributed by atoms with Crippen LogP contribution in [0.4, 0.5) is 43.9 Å². The highest BCUT2D eigenvalue weighted by Gasteiger charge is 2.73. The standard InChI is InChI=1S/C9H9F10N3/c1-4(2)22-5(6(10,11)7(12,13)14)21(3-20-22)9(18,19)8(15,16)17/h3-5H,1-2H3. The highest BCUT2D eigenvalue weighted by Crippen LogP contribution is 2.48. The van der Waals surface area contributed by atoms with Gasteiger partial charge in [-0.1, -0.05) is 0 Å². The Kier molecular flexibility index (Phi) is 4.27. The van der Waals surface area contributed by atoms with Crippen LogP contribution in [0.15, 0.2) is 5.10 Å². The Balaban J connectivity index is 3.38. The average Bonchev–Trinajstić information content (AvgIpc) is 2.70. The van der Waals surface area contributed by atoms with Crippen molar-refractivity contribution in [1.82, 2.24) is 9.91 Å². The minimum Gasteiger partial charge on any atom is -0.266 e. The fourth-order valence-corrected chi connectivity index (χ4v) is 1.64. The van der Waals surface area contributed by atoms with Gasteiger partial charge in [-0.05, 0) is 13.8 Å². The lowest BCUT2D eigenvalue weighted by Crippen LogP contribution is -2.66. The minimum atomic E-state index is -6.37. The Morgan fingerprint density at radius 3 is 1.64 bits per heavy atom. The molecule has 0 aromatic heterocycles. The average molecular weight is 349 g/mol. The molecule has 0 saturated heterocycles. The molecule has 0 radical (unpaired) electrons. The van der Waals surface area contributed by atoms with Crippen molar-refractivity contribution in [3.8, 4) is 0 Å². The first kappa shape index (κ1) is 18.6. The molecule has 0 N–H and O–H groups in total. The third-order valence-corrected chi connectivity index (χ3v) is 2.72. The van der Waals surface area contributed by atoms with Gasteiger partial charge in [-0.3, -0.25) is 9.91 Å². The van der Waals surface area contributed by atoms with Gasteiger partial charge in [0, 0.05) is 6.04 Å². The predicted molar refractivity (Wildman–Crippen MR) is 53.1 cm³/mol. The maximum atomic E-state index is 13.4. The van der Waals surface area contributed by atoms with Crippen LogP contribution in [0.2, 0.25) is 0 Å². The van der Waals surface area contributed by atoms with Crippen molar-refractivity contribution in [3.05, 3.63) is 0 Å². The van der Waals surface area contributed by atoms with Crippen molar-refractivity contribution in [2.24, 2.45) is 5.10 Å². The normalized spacial score (nSPS) is 21.2. The zero-order valence-corrected chi connectivity index (χ0v) is 10.9. The van der Waals surface area contributed by atoms with Crippen molar-refractivity contribution in [2.45, 2.75) is 50.4 Å². The summed E-state index contributed by atoms with van der Waals surface area (Å²) in [6.07, 6.45) is -16.8. The zero-order chi connectivity index (χ0) is 17.7. The third kappa shape index (κ3) is 2.76. The minimum absolute atomic E-state index is 0.160. The summed E-state index contributed by atoms with van der Waals surface area (Å²) < 4.78 is 127. The van der Waals surface area contributed by atoms with Gasteiger partial charge in [0.25, 0.3) is 0 Å². The van der Waals surface area contributed by atoms with Crippen LogP contribution in [-0.4, -0.2) is 52.8 Å². The molecule has 1 aliphatic heterocycles. The van der Waals surface area contributed by atoms with Crippen LogP contribution in [0.3, 0.4) is 0 Å². The maximum Gasteiger partial charge on any atom is 0.475 e. The first-order valence-corrected chi connectivity index (χ1v) is 5.55. The molecule has 0 aromatic carbocycles. The second kappa shape index (κ2) is 5.05. The van der Waals surface area contributed by atoms with Crippen molar-refractivity contribution < 1.29 is 43.9 Å². The summed E-state index contributed by atoms with van der Waals surface area (Å²) in [5.41, 5.74) is 0. The molecule has 1 unspecified atom stereocenters. The van der Waals surface area contributed by atoms with Gasteiger partial charge in [0.2, 0.25) is 0 Å². The topological polar surface area (TPSA) is 18.8 Å². The van der Waals surface area contributed by atoms with Gasteiger partial charge in [-0.2, -0.15) is 49.0 Å². The molecular formula is C9H9F10N3. The Hall–Kier alpha value is -1.43. The second-order valence-corrected chi connectivity index (χ2v) is 4.65. The van der Waals surface area contributed by atoms with Crippen LogP contribution in [0.1, 0.15) is 13.8 Å². The summed E-state index contributed by atoms with van der Waals surface area (Å²) in [6, 6.07) is -7.25. The molecule has 0 bridgehead atoms. The molecule has 0 spiro atoms. The van der Waals surface area contributed by atoms with Crippen molar-refractivity contribution in [1.29, 1.82) is 0 Å². The van der Waals surface area contributed by atoms with E-state index >= 15 is 0 Å². The molecule has 1 aliphatic rings. The van der Waals surface area contributed by atoms with E-state index in [4.69, 9.17) is 0 Å². The number of halogens is 10. The van der Waals surface area contributed by atoms with Crippen molar-refractivity contribution >= 4 is 6.34 Å². The number of hydrogen-bond acceptors (Lipinski definition) is 3. The largest absolute Gasteiger partial charge is 0.475 e. The molecule has 0 saturated carbocycles. The van der Waals surface area contributed by atoms with Crippen LogP contribution in [-0.2, 0) is 0 Å². The quantitative estimate of drug-likeness (QED) is 0.572. The molecule has 22 heavy (non-hydrogen) atoms. The van der Waals surface area contributed by atoms with E-state index in [-0.39, 0.29) is 11.3 Å². The molecule has 1 heterocycles. The molecule has 1 rings (SSSR count). The Bertz CT molecular complexity index is 438. The van der Waals surface area contributed by atoms with Crippen LogP contribution in [0, 0.1) is 0 Å². The van der Waals surface area contributed by atoms with Gasteiger partial charge in [-0.25, -0.2) is 0 Å². The molecule has 13 heteroatoms. The zero-order valence-electron chi connectivity index (χ0n) is 10.9. The summed E-state index contributed by atoms with van der Waals surface area (Å²) in [5.74, 6) is -5.89. The maximum absolute atomic E-state index is 13.4. The molecule has 0 aliphatic carbocycles. The van der Waals surface area contributed by atoms with Crippen molar-refractivity contribution in [2.75, 3.05) is 0 Å². The Morgan fingerprint density at radius 1 is 0.864 bits per heavy atom. The first-order chi connectivity index (χ1) is 9.55. The lowest BCUT2D eigenvalue weighted by Gasteiger charge is -2.41. The van der Waals surface area contributed by atoms with Gasteiger partial charge in [0.15, 0.2) is 6.17 Å². The molecule has 0 aromatic rings. The lowest BCUT2D eigenvalue weighted by atomic mass is 10.2. The van der Waals surface area contributed by atoms with E-state index < -0.39 is 41.4 Å². The summed E-state index contributed by atoms with van der Waals surface area (Å²) >= 11 is 0.